The fraction of sp³-hybridized carbons (Fsp3) is 1.00. The molecule has 3 atom stereocenters. The molecule has 0 spiro atoms. The van der Waals surface area contributed by atoms with Crippen LogP contribution >= 0.6 is 0 Å². The number of ether oxygens (including phenoxy) is 1. The zero-order valence-electron chi connectivity index (χ0n) is 11.3. The van der Waals surface area contributed by atoms with E-state index in [1.807, 2.05) is 0 Å². The molecule has 0 amide bonds. The maximum absolute atomic E-state index is 6.02. The summed E-state index contributed by atoms with van der Waals surface area (Å²) in [6, 6.07) is 1.13. The summed E-state index contributed by atoms with van der Waals surface area (Å²) in [4.78, 5) is 5.02. The predicted molar refractivity (Wildman–Crippen MR) is 70.1 cm³/mol. The normalized spacial score (nSPS) is 34.8. The van der Waals surface area contributed by atoms with Crippen LogP contribution in [0.2, 0.25) is 0 Å². The molecule has 100 valence electrons. The van der Waals surface area contributed by atoms with E-state index >= 15 is 0 Å². The highest BCUT2D eigenvalue weighted by molar-refractivity contribution is 4.88. The van der Waals surface area contributed by atoms with E-state index in [2.05, 4.69) is 23.8 Å². The van der Waals surface area contributed by atoms with Crippen LogP contribution in [0.5, 0.6) is 0 Å². The first-order valence-corrected chi connectivity index (χ1v) is 6.94. The van der Waals surface area contributed by atoms with E-state index in [0.29, 0.717) is 18.0 Å². The molecular weight excluding hydrogens is 214 g/mol. The van der Waals surface area contributed by atoms with E-state index in [9.17, 15) is 0 Å². The van der Waals surface area contributed by atoms with E-state index < -0.39 is 0 Å². The maximum atomic E-state index is 6.02. The summed E-state index contributed by atoms with van der Waals surface area (Å²) in [5.41, 5.74) is 6.02. The average molecular weight is 241 g/mol. The minimum Gasteiger partial charge on any atom is -0.381 e. The molecule has 3 unspecified atom stereocenters. The smallest absolute Gasteiger partial charge is 0.0509 e. The molecule has 2 heterocycles. The lowest BCUT2D eigenvalue weighted by atomic mass is 9.91. The van der Waals surface area contributed by atoms with Gasteiger partial charge in [-0.1, -0.05) is 0 Å². The Morgan fingerprint density at radius 1 is 1.41 bits per heavy atom. The summed E-state index contributed by atoms with van der Waals surface area (Å²) < 4.78 is 5.62. The summed E-state index contributed by atoms with van der Waals surface area (Å²) in [6.45, 7) is 8.39. The Balaban J connectivity index is 1.96. The third-order valence-corrected chi connectivity index (χ3v) is 4.29. The predicted octanol–water partition coefficient (Wildman–Crippen LogP) is 0.376. The molecule has 0 radical (unpaired) electrons. The van der Waals surface area contributed by atoms with Crippen LogP contribution in [0.15, 0.2) is 0 Å². The van der Waals surface area contributed by atoms with Crippen LogP contribution in [0.3, 0.4) is 0 Å². The van der Waals surface area contributed by atoms with Gasteiger partial charge in [0.05, 0.1) is 6.61 Å². The number of piperazine rings is 1. The third-order valence-electron chi connectivity index (χ3n) is 4.29. The molecule has 2 N–H and O–H groups in total. The van der Waals surface area contributed by atoms with Crippen LogP contribution in [-0.4, -0.2) is 68.3 Å². The van der Waals surface area contributed by atoms with Crippen LogP contribution < -0.4 is 5.73 Å². The SMILES string of the molecule is CC1CN(C)CCN1C(CN)C1CCCOC1. The molecule has 4 heteroatoms. The number of nitrogens with two attached hydrogens (primary N) is 1. The Morgan fingerprint density at radius 2 is 2.24 bits per heavy atom. The highest BCUT2D eigenvalue weighted by Gasteiger charge is 2.33. The Morgan fingerprint density at radius 3 is 2.82 bits per heavy atom. The first-order valence-electron chi connectivity index (χ1n) is 6.94. The number of likely N-dealkylation sites (N-methyl/N-ethyl adjacent to an activating group) is 1. The van der Waals surface area contributed by atoms with Gasteiger partial charge in [-0.2, -0.15) is 0 Å². The van der Waals surface area contributed by atoms with Crippen LogP contribution in [0, 0.1) is 5.92 Å². The molecule has 0 bridgehead atoms. The summed E-state index contributed by atoms with van der Waals surface area (Å²) in [6.07, 6.45) is 2.48. The van der Waals surface area contributed by atoms with Gasteiger partial charge in [-0.15, -0.1) is 0 Å². The van der Waals surface area contributed by atoms with Gasteiger partial charge in [0.15, 0.2) is 0 Å². The van der Waals surface area contributed by atoms with Gasteiger partial charge in [-0.3, -0.25) is 4.90 Å². The highest BCUT2D eigenvalue weighted by Crippen LogP contribution is 2.24. The van der Waals surface area contributed by atoms with E-state index in [1.165, 1.54) is 12.8 Å². The lowest BCUT2D eigenvalue weighted by Crippen LogP contribution is -2.59. The van der Waals surface area contributed by atoms with Crippen molar-refractivity contribution in [3.8, 4) is 0 Å². The van der Waals surface area contributed by atoms with E-state index in [-0.39, 0.29) is 0 Å². The Bertz CT molecular complexity index is 231. The first kappa shape index (κ1) is 13.3. The number of hydrogen-bond acceptors (Lipinski definition) is 4. The molecule has 2 rings (SSSR count). The summed E-state index contributed by atoms with van der Waals surface area (Å²) in [5, 5.41) is 0. The van der Waals surface area contributed by atoms with Crippen molar-refractivity contribution in [1.82, 2.24) is 9.80 Å². The quantitative estimate of drug-likeness (QED) is 0.775. The average Bonchev–Trinajstić information content (AvgIpc) is 2.34. The van der Waals surface area contributed by atoms with E-state index in [4.69, 9.17) is 10.5 Å². The standard InChI is InChI=1S/C13H27N3O/c1-11-9-15(2)5-6-16(11)13(8-14)12-4-3-7-17-10-12/h11-13H,3-10,14H2,1-2H3. The first-order chi connectivity index (χ1) is 8.22. The van der Waals surface area contributed by atoms with Gasteiger partial charge in [-0.05, 0) is 32.7 Å². The summed E-state index contributed by atoms with van der Waals surface area (Å²) >= 11 is 0. The zero-order chi connectivity index (χ0) is 12.3. The van der Waals surface area contributed by atoms with Crippen LogP contribution in [0.4, 0.5) is 0 Å². The molecule has 0 aliphatic carbocycles. The van der Waals surface area contributed by atoms with Crippen molar-refractivity contribution in [2.75, 3.05) is 46.4 Å². The summed E-state index contributed by atoms with van der Waals surface area (Å²) in [5.74, 6) is 0.639. The molecule has 4 nitrogen and oxygen atoms in total. The van der Waals surface area contributed by atoms with Crippen molar-refractivity contribution < 1.29 is 4.74 Å². The van der Waals surface area contributed by atoms with Crippen LogP contribution in [0.1, 0.15) is 19.8 Å². The zero-order valence-corrected chi connectivity index (χ0v) is 11.3. The minimum atomic E-state index is 0.513. The fourth-order valence-electron chi connectivity index (χ4n) is 3.31. The molecule has 2 aliphatic heterocycles. The van der Waals surface area contributed by atoms with Crippen LogP contribution in [-0.2, 0) is 4.74 Å². The van der Waals surface area contributed by atoms with Crippen molar-refractivity contribution in [2.45, 2.75) is 31.8 Å². The maximum Gasteiger partial charge on any atom is 0.0509 e. The van der Waals surface area contributed by atoms with Gasteiger partial charge in [0.2, 0.25) is 0 Å². The second-order valence-electron chi connectivity index (χ2n) is 5.63. The Labute approximate surface area is 105 Å². The molecule has 2 fully saturated rings. The van der Waals surface area contributed by atoms with Crippen molar-refractivity contribution in [2.24, 2.45) is 11.7 Å². The Kier molecular flexibility index (Phi) is 4.79. The van der Waals surface area contributed by atoms with Crippen molar-refractivity contribution >= 4 is 0 Å². The van der Waals surface area contributed by atoms with Gasteiger partial charge in [0.1, 0.15) is 0 Å². The number of hydrogen-bond donors (Lipinski definition) is 1. The molecule has 2 aliphatic rings. The third kappa shape index (κ3) is 3.19. The van der Waals surface area contributed by atoms with Gasteiger partial charge in [0, 0.05) is 44.9 Å². The molecule has 0 aromatic rings. The molecule has 17 heavy (non-hydrogen) atoms. The van der Waals surface area contributed by atoms with Gasteiger partial charge in [-0.25, -0.2) is 0 Å². The van der Waals surface area contributed by atoms with E-state index in [1.54, 1.807) is 0 Å². The number of nitrogens with zero attached hydrogens (tertiary/aromatic N) is 2. The summed E-state index contributed by atoms with van der Waals surface area (Å²) in [7, 11) is 2.20. The van der Waals surface area contributed by atoms with Crippen molar-refractivity contribution in [3.05, 3.63) is 0 Å². The van der Waals surface area contributed by atoms with Crippen LogP contribution in [0.25, 0.3) is 0 Å². The lowest BCUT2D eigenvalue weighted by Gasteiger charge is -2.45. The van der Waals surface area contributed by atoms with Gasteiger partial charge >= 0.3 is 0 Å². The molecule has 0 aromatic heterocycles. The monoisotopic (exact) mass is 241 g/mol. The molecule has 0 saturated carbocycles. The van der Waals surface area contributed by atoms with Crippen molar-refractivity contribution in [3.63, 3.8) is 0 Å². The van der Waals surface area contributed by atoms with E-state index in [0.717, 1.165) is 39.4 Å². The molecular formula is C13H27N3O. The topological polar surface area (TPSA) is 41.7 Å². The van der Waals surface area contributed by atoms with Crippen molar-refractivity contribution in [1.29, 1.82) is 0 Å². The molecule has 0 aromatic carbocycles. The minimum absolute atomic E-state index is 0.513. The largest absolute Gasteiger partial charge is 0.381 e. The lowest BCUT2D eigenvalue weighted by molar-refractivity contribution is -0.0174. The van der Waals surface area contributed by atoms with Gasteiger partial charge in [0.25, 0.3) is 0 Å². The Hall–Kier alpha value is -0.160. The van der Waals surface area contributed by atoms with Gasteiger partial charge < -0.3 is 15.4 Å². The second kappa shape index (κ2) is 6.14. The number of rotatable bonds is 3. The second-order valence-corrected chi connectivity index (χ2v) is 5.63. The molecule has 2 saturated heterocycles. The highest BCUT2D eigenvalue weighted by atomic mass is 16.5. The fourth-order valence-corrected chi connectivity index (χ4v) is 3.31.